The second-order valence-electron chi connectivity index (χ2n) is 3.71. The molecular formula is C10H18ClN3S. The summed E-state index contributed by atoms with van der Waals surface area (Å²) in [6.07, 6.45) is 0.992. The molecule has 0 radical (unpaired) electrons. The Kier molecular flexibility index (Phi) is 5.32. The van der Waals surface area contributed by atoms with E-state index in [9.17, 15) is 0 Å². The number of aromatic nitrogens is 2. The van der Waals surface area contributed by atoms with Crippen LogP contribution in [-0.4, -0.2) is 28.3 Å². The van der Waals surface area contributed by atoms with Crippen molar-refractivity contribution in [2.75, 3.05) is 23.9 Å². The van der Waals surface area contributed by atoms with Gasteiger partial charge in [0.2, 0.25) is 5.13 Å². The standard InChI is InChI=1S/C10H18ClN3S/c1-4-14(7-5-6-11)10-12-9(8(2)3)13-15-10/h8H,4-7H2,1-3H3. The van der Waals surface area contributed by atoms with Crippen molar-refractivity contribution < 1.29 is 0 Å². The Morgan fingerprint density at radius 1 is 1.47 bits per heavy atom. The Morgan fingerprint density at radius 2 is 2.20 bits per heavy atom. The molecule has 0 atom stereocenters. The highest BCUT2D eigenvalue weighted by molar-refractivity contribution is 7.09. The summed E-state index contributed by atoms with van der Waals surface area (Å²) >= 11 is 7.17. The fourth-order valence-electron chi connectivity index (χ4n) is 1.23. The quantitative estimate of drug-likeness (QED) is 0.724. The number of rotatable bonds is 6. The van der Waals surface area contributed by atoms with Gasteiger partial charge < -0.3 is 4.90 Å². The predicted octanol–water partition coefficient (Wildman–Crippen LogP) is 3.12. The van der Waals surface area contributed by atoms with Crippen LogP contribution in [0.15, 0.2) is 0 Å². The Labute approximate surface area is 101 Å². The van der Waals surface area contributed by atoms with Crippen molar-refractivity contribution in [1.82, 2.24) is 9.36 Å². The molecule has 1 rings (SSSR count). The summed E-state index contributed by atoms with van der Waals surface area (Å²) in [5.41, 5.74) is 0. The molecule has 0 saturated heterocycles. The first-order valence-corrected chi connectivity index (χ1v) is 6.64. The third kappa shape index (κ3) is 3.61. The molecule has 0 spiro atoms. The van der Waals surface area contributed by atoms with E-state index in [1.165, 1.54) is 11.5 Å². The van der Waals surface area contributed by atoms with Gasteiger partial charge in [-0.2, -0.15) is 4.37 Å². The van der Waals surface area contributed by atoms with Gasteiger partial charge in [0.1, 0.15) is 5.82 Å². The molecule has 0 aliphatic rings. The van der Waals surface area contributed by atoms with Gasteiger partial charge in [0.25, 0.3) is 0 Å². The van der Waals surface area contributed by atoms with Crippen LogP contribution in [-0.2, 0) is 0 Å². The van der Waals surface area contributed by atoms with E-state index < -0.39 is 0 Å². The van der Waals surface area contributed by atoms with Crippen molar-refractivity contribution >= 4 is 28.3 Å². The second-order valence-corrected chi connectivity index (χ2v) is 4.82. The number of hydrogen-bond acceptors (Lipinski definition) is 4. The molecule has 86 valence electrons. The molecule has 3 nitrogen and oxygen atoms in total. The Balaban J connectivity index is 2.65. The highest BCUT2D eigenvalue weighted by atomic mass is 35.5. The minimum Gasteiger partial charge on any atom is -0.347 e. The molecule has 0 unspecified atom stereocenters. The molecule has 0 amide bonds. The van der Waals surface area contributed by atoms with Gasteiger partial charge >= 0.3 is 0 Å². The largest absolute Gasteiger partial charge is 0.347 e. The van der Waals surface area contributed by atoms with Crippen LogP contribution in [0, 0.1) is 0 Å². The summed E-state index contributed by atoms with van der Waals surface area (Å²) in [5, 5.41) is 1.02. The molecule has 0 aliphatic heterocycles. The van der Waals surface area contributed by atoms with Gasteiger partial charge in [0.15, 0.2) is 0 Å². The SMILES string of the molecule is CCN(CCCCl)c1nc(C(C)C)ns1. The fraction of sp³-hybridized carbons (Fsp3) is 0.800. The Bertz CT molecular complexity index is 288. The van der Waals surface area contributed by atoms with E-state index in [1.54, 1.807) is 0 Å². The summed E-state index contributed by atoms with van der Waals surface area (Å²) < 4.78 is 4.35. The third-order valence-corrected chi connectivity index (χ3v) is 3.22. The lowest BCUT2D eigenvalue weighted by Crippen LogP contribution is -2.24. The lowest BCUT2D eigenvalue weighted by Gasteiger charge is -2.18. The molecule has 1 aromatic rings. The van der Waals surface area contributed by atoms with Crippen LogP contribution in [0.25, 0.3) is 0 Å². The van der Waals surface area contributed by atoms with Crippen LogP contribution in [0.4, 0.5) is 5.13 Å². The zero-order valence-corrected chi connectivity index (χ0v) is 11.1. The summed E-state index contributed by atoms with van der Waals surface area (Å²) in [6.45, 7) is 8.28. The molecule has 0 N–H and O–H groups in total. The highest BCUT2D eigenvalue weighted by Gasteiger charge is 2.12. The van der Waals surface area contributed by atoms with E-state index in [0.717, 1.165) is 30.5 Å². The highest BCUT2D eigenvalue weighted by Crippen LogP contribution is 2.21. The molecule has 0 aliphatic carbocycles. The summed E-state index contributed by atoms with van der Waals surface area (Å²) in [4.78, 5) is 6.75. The molecule has 0 fully saturated rings. The van der Waals surface area contributed by atoms with Crippen LogP contribution >= 0.6 is 23.1 Å². The number of nitrogens with zero attached hydrogens (tertiary/aromatic N) is 3. The molecule has 1 aromatic heterocycles. The number of anilines is 1. The number of halogens is 1. The summed E-state index contributed by atoms with van der Waals surface area (Å²) in [5.74, 6) is 2.05. The van der Waals surface area contributed by atoms with Crippen LogP contribution in [0.1, 0.15) is 38.9 Å². The average molecular weight is 248 g/mol. The van der Waals surface area contributed by atoms with Gasteiger partial charge in [-0.15, -0.1) is 11.6 Å². The summed E-state index contributed by atoms with van der Waals surface area (Å²) in [6, 6.07) is 0. The first kappa shape index (κ1) is 12.7. The molecule has 0 saturated carbocycles. The monoisotopic (exact) mass is 247 g/mol. The lowest BCUT2D eigenvalue weighted by molar-refractivity contribution is 0.767. The maximum atomic E-state index is 5.69. The van der Waals surface area contributed by atoms with Gasteiger partial charge in [0.05, 0.1) is 0 Å². The van der Waals surface area contributed by atoms with Gasteiger partial charge in [0, 0.05) is 36.4 Å². The molecule has 0 aromatic carbocycles. The maximum absolute atomic E-state index is 5.69. The third-order valence-electron chi connectivity index (χ3n) is 2.16. The molecule has 0 bridgehead atoms. The van der Waals surface area contributed by atoms with Crippen molar-refractivity contribution in [1.29, 1.82) is 0 Å². The van der Waals surface area contributed by atoms with E-state index in [4.69, 9.17) is 11.6 Å². The summed E-state index contributed by atoms with van der Waals surface area (Å²) in [7, 11) is 0. The molecular weight excluding hydrogens is 230 g/mol. The molecule has 1 heterocycles. The maximum Gasteiger partial charge on any atom is 0.205 e. The fourth-order valence-corrected chi connectivity index (χ4v) is 2.25. The van der Waals surface area contributed by atoms with E-state index in [2.05, 4.69) is 35.0 Å². The van der Waals surface area contributed by atoms with Gasteiger partial charge in [-0.25, -0.2) is 4.98 Å². The first-order valence-electron chi connectivity index (χ1n) is 5.33. The first-order chi connectivity index (χ1) is 7.19. The molecule has 5 heteroatoms. The lowest BCUT2D eigenvalue weighted by atomic mass is 10.2. The van der Waals surface area contributed by atoms with Gasteiger partial charge in [-0.1, -0.05) is 13.8 Å². The average Bonchev–Trinajstić information content (AvgIpc) is 2.68. The molecule has 15 heavy (non-hydrogen) atoms. The zero-order chi connectivity index (χ0) is 11.3. The van der Waals surface area contributed by atoms with Crippen LogP contribution < -0.4 is 4.90 Å². The van der Waals surface area contributed by atoms with E-state index in [1.807, 2.05) is 0 Å². The minimum atomic E-state index is 0.404. The van der Waals surface area contributed by atoms with Crippen molar-refractivity contribution in [2.24, 2.45) is 0 Å². The predicted molar refractivity (Wildman–Crippen MR) is 67.2 cm³/mol. The smallest absolute Gasteiger partial charge is 0.205 e. The van der Waals surface area contributed by atoms with Gasteiger partial charge in [-0.3, -0.25) is 0 Å². The number of hydrogen-bond donors (Lipinski definition) is 0. The Hall–Kier alpha value is -0.350. The van der Waals surface area contributed by atoms with E-state index >= 15 is 0 Å². The van der Waals surface area contributed by atoms with Crippen molar-refractivity contribution in [3.05, 3.63) is 5.82 Å². The normalized spacial score (nSPS) is 11.0. The van der Waals surface area contributed by atoms with Crippen LogP contribution in [0.5, 0.6) is 0 Å². The van der Waals surface area contributed by atoms with E-state index in [0.29, 0.717) is 11.8 Å². The topological polar surface area (TPSA) is 29.0 Å². The second kappa shape index (κ2) is 6.28. The zero-order valence-electron chi connectivity index (χ0n) is 9.53. The van der Waals surface area contributed by atoms with E-state index in [-0.39, 0.29) is 0 Å². The van der Waals surface area contributed by atoms with Crippen molar-refractivity contribution in [2.45, 2.75) is 33.1 Å². The minimum absolute atomic E-state index is 0.404. The van der Waals surface area contributed by atoms with Crippen molar-refractivity contribution in [3.8, 4) is 0 Å². The van der Waals surface area contributed by atoms with Crippen LogP contribution in [0.2, 0.25) is 0 Å². The Morgan fingerprint density at radius 3 is 2.67 bits per heavy atom. The van der Waals surface area contributed by atoms with Crippen molar-refractivity contribution in [3.63, 3.8) is 0 Å². The van der Waals surface area contributed by atoms with Crippen LogP contribution in [0.3, 0.4) is 0 Å². The van der Waals surface area contributed by atoms with Gasteiger partial charge in [-0.05, 0) is 13.3 Å². The number of alkyl halides is 1.